The first-order valence-corrected chi connectivity index (χ1v) is 3.87. The maximum absolute atomic E-state index is 11.4. The topological polar surface area (TPSA) is 39.1 Å². The molecule has 0 unspecified atom stereocenters. The number of carbonyl (C=O) groups is 1. The van der Waals surface area contributed by atoms with Crippen molar-refractivity contribution >= 4 is 5.78 Å². The van der Waals surface area contributed by atoms with Gasteiger partial charge in [-0.1, -0.05) is 0 Å². The van der Waals surface area contributed by atoms with Crippen LogP contribution >= 0.6 is 0 Å². The lowest BCUT2D eigenvalue weighted by Gasteiger charge is -2.01. The maximum atomic E-state index is 11.4. The minimum absolute atomic E-state index is 0.178. The number of nitrogens with zero attached hydrogens (tertiary/aromatic N) is 1. The maximum Gasteiger partial charge on any atom is 0.261 e. The minimum atomic E-state index is -0.201. The van der Waals surface area contributed by atoms with Crippen LogP contribution < -0.4 is 5.56 Å². The van der Waals surface area contributed by atoms with Crippen molar-refractivity contribution in [1.29, 1.82) is 0 Å². The molecule has 3 heteroatoms. The number of Topliss-reactive ketones (excluding diaryl/α,β-unsaturated/α-hetero) is 1. The third kappa shape index (κ3) is 1.44. The second-order valence-corrected chi connectivity index (χ2v) is 2.57. The molecule has 12 heavy (non-hydrogen) atoms. The van der Waals surface area contributed by atoms with Gasteiger partial charge in [0.25, 0.3) is 5.56 Å². The first-order valence-electron chi connectivity index (χ1n) is 3.87. The Morgan fingerprint density at radius 1 is 1.58 bits per heavy atom. The van der Waals surface area contributed by atoms with Crippen LogP contribution in [0.3, 0.4) is 0 Å². The molecule has 1 aromatic heterocycles. The number of hydrogen-bond donors (Lipinski definition) is 0. The highest BCUT2D eigenvalue weighted by Gasteiger charge is 2.05. The van der Waals surface area contributed by atoms with Crippen molar-refractivity contribution in [3.63, 3.8) is 0 Å². The largest absolute Gasteiger partial charge is 0.315 e. The second kappa shape index (κ2) is 3.34. The van der Waals surface area contributed by atoms with E-state index >= 15 is 0 Å². The number of pyridine rings is 1. The van der Waals surface area contributed by atoms with Crippen molar-refractivity contribution in [2.24, 2.45) is 0 Å². The van der Waals surface area contributed by atoms with E-state index in [4.69, 9.17) is 0 Å². The number of ketones is 1. The Labute approximate surface area is 70.6 Å². The molecule has 1 heterocycles. The summed E-state index contributed by atoms with van der Waals surface area (Å²) in [4.78, 5) is 22.3. The molecule has 1 aromatic rings. The molecule has 0 bridgehead atoms. The Kier molecular flexibility index (Phi) is 2.43. The van der Waals surface area contributed by atoms with Gasteiger partial charge in [0.2, 0.25) is 0 Å². The molecule has 0 aromatic carbocycles. The van der Waals surface area contributed by atoms with Crippen LogP contribution in [0.5, 0.6) is 0 Å². The van der Waals surface area contributed by atoms with Gasteiger partial charge in [-0.3, -0.25) is 9.59 Å². The van der Waals surface area contributed by atoms with E-state index in [0.29, 0.717) is 6.54 Å². The number of aromatic nitrogens is 1. The van der Waals surface area contributed by atoms with Gasteiger partial charge in [-0.05, 0) is 26.0 Å². The van der Waals surface area contributed by atoms with E-state index in [0.717, 1.165) is 0 Å². The normalized spacial score (nSPS) is 9.83. The van der Waals surface area contributed by atoms with Gasteiger partial charge in [0.05, 0.1) is 5.56 Å². The Bertz CT molecular complexity index is 352. The van der Waals surface area contributed by atoms with Crippen molar-refractivity contribution in [1.82, 2.24) is 4.57 Å². The predicted molar refractivity (Wildman–Crippen MR) is 46.4 cm³/mol. The van der Waals surface area contributed by atoms with Gasteiger partial charge in [0.15, 0.2) is 5.78 Å². The van der Waals surface area contributed by atoms with Crippen LogP contribution in [0.15, 0.2) is 23.1 Å². The molecule has 0 aliphatic carbocycles. The Morgan fingerprint density at radius 3 is 2.75 bits per heavy atom. The summed E-state index contributed by atoms with van der Waals surface area (Å²) in [5.74, 6) is -0.178. The molecule has 64 valence electrons. The molecule has 0 aliphatic heterocycles. The lowest BCUT2D eigenvalue weighted by molar-refractivity contribution is 0.101. The highest BCUT2D eigenvalue weighted by molar-refractivity contribution is 5.93. The van der Waals surface area contributed by atoms with Crippen molar-refractivity contribution in [2.75, 3.05) is 0 Å². The highest BCUT2D eigenvalue weighted by atomic mass is 16.1. The van der Waals surface area contributed by atoms with Gasteiger partial charge < -0.3 is 4.57 Å². The predicted octanol–water partition coefficient (Wildman–Crippen LogP) is 1.07. The Balaban J connectivity index is 3.33. The van der Waals surface area contributed by atoms with E-state index in [9.17, 15) is 9.59 Å². The zero-order valence-electron chi connectivity index (χ0n) is 7.20. The molecule has 1 rings (SSSR count). The smallest absolute Gasteiger partial charge is 0.261 e. The zero-order chi connectivity index (χ0) is 9.14. The monoisotopic (exact) mass is 165 g/mol. The fourth-order valence-corrected chi connectivity index (χ4v) is 1.05. The minimum Gasteiger partial charge on any atom is -0.315 e. The number of carbonyl (C=O) groups excluding carboxylic acids is 1. The second-order valence-electron chi connectivity index (χ2n) is 2.57. The van der Waals surface area contributed by atoms with E-state index in [2.05, 4.69) is 0 Å². The fraction of sp³-hybridized carbons (Fsp3) is 0.333. The SMILES string of the molecule is CCn1cccc(C(C)=O)c1=O. The number of aryl methyl sites for hydroxylation is 1. The summed E-state index contributed by atoms with van der Waals surface area (Å²) in [6.45, 7) is 3.86. The average Bonchev–Trinajstić information content (AvgIpc) is 2.04. The molecule has 0 fully saturated rings. The third-order valence-corrected chi connectivity index (χ3v) is 1.74. The summed E-state index contributed by atoms with van der Waals surface area (Å²) in [7, 11) is 0. The highest BCUT2D eigenvalue weighted by Crippen LogP contribution is 1.92. The molecular weight excluding hydrogens is 154 g/mol. The first kappa shape index (κ1) is 8.71. The van der Waals surface area contributed by atoms with E-state index in [-0.39, 0.29) is 16.9 Å². The molecule has 0 spiro atoms. The van der Waals surface area contributed by atoms with Gasteiger partial charge >= 0.3 is 0 Å². The van der Waals surface area contributed by atoms with Crippen LogP contribution in [0.1, 0.15) is 24.2 Å². The van der Waals surface area contributed by atoms with Gasteiger partial charge in [-0.2, -0.15) is 0 Å². The summed E-state index contributed by atoms with van der Waals surface area (Å²) in [6.07, 6.45) is 1.68. The molecule has 0 amide bonds. The molecule has 0 N–H and O–H groups in total. The summed E-state index contributed by atoms with van der Waals surface area (Å²) in [5, 5.41) is 0. The first-order chi connectivity index (χ1) is 5.66. The summed E-state index contributed by atoms with van der Waals surface area (Å²) in [5.41, 5.74) is 0.0619. The average molecular weight is 165 g/mol. The molecule has 3 nitrogen and oxygen atoms in total. The van der Waals surface area contributed by atoms with Gasteiger partial charge in [0.1, 0.15) is 0 Å². The van der Waals surface area contributed by atoms with Crippen molar-refractivity contribution in [3.8, 4) is 0 Å². The summed E-state index contributed by atoms with van der Waals surface area (Å²) in [6, 6.07) is 3.26. The van der Waals surface area contributed by atoms with Crippen molar-refractivity contribution < 1.29 is 4.79 Å². The summed E-state index contributed by atoms with van der Waals surface area (Å²) < 4.78 is 1.51. The van der Waals surface area contributed by atoms with E-state index in [1.54, 1.807) is 18.3 Å². The van der Waals surface area contributed by atoms with Crippen LogP contribution in [0.25, 0.3) is 0 Å². The molecule has 0 aliphatic rings. The van der Waals surface area contributed by atoms with E-state index in [1.807, 2.05) is 6.92 Å². The van der Waals surface area contributed by atoms with Gasteiger partial charge in [-0.15, -0.1) is 0 Å². The quantitative estimate of drug-likeness (QED) is 0.615. The van der Waals surface area contributed by atoms with Crippen molar-refractivity contribution in [3.05, 3.63) is 34.2 Å². The molecule has 0 saturated carbocycles. The molecule has 0 saturated heterocycles. The van der Waals surface area contributed by atoms with Gasteiger partial charge in [-0.25, -0.2) is 0 Å². The van der Waals surface area contributed by atoms with Crippen LogP contribution in [0.2, 0.25) is 0 Å². The summed E-state index contributed by atoms with van der Waals surface area (Å²) >= 11 is 0. The standard InChI is InChI=1S/C9H11NO2/c1-3-10-6-4-5-8(7(2)11)9(10)12/h4-6H,3H2,1-2H3. The molecule has 0 radical (unpaired) electrons. The van der Waals surface area contributed by atoms with Crippen LogP contribution in [0, 0.1) is 0 Å². The van der Waals surface area contributed by atoms with Crippen LogP contribution in [0.4, 0.5) is 0 Å². The van der Waals surface area contributed by atoms with Gasteiger partial charge in [0, 0.05) is 12.7 Å². The lowest BCUT2D eigenvalue weighted by Crippen LogP contribution is -2.23. The Morgan fingerprint density at radius 2 is 2.25 bits per heavy atom. The van der Waals surface area contributed by atoms with Crippen molar-refractivity contribution in [2.45, 2.75) is 20.4 Å². The molecular formula is C9H11NO2. The zero-order valence-corrected chi connectivity index (χ0v) is 7.20. The van der Waals surface area contributed by atoms with Crippen LogP contribution in [-0.4, -0.2) is 10.4 Å². The third-order valence-electron chi connectivity index (χ3n) is 1.74. The lowest BCUT2D eigenvalue weighted by atomic mass is 10.2. The Hall–Kier alpha value is -1.38. The van der Waals surface area contributed by atoms with E-state index < -0.39 is 0 Å². The number of hydrogen-bond acceptors (Lipinski definition) is 2. The number of rotatable bonds is 2. The molecule has 0 atom stereocenters. The van der Waals surface area contributed by atoms with Crippen LogP contribution in [-0.2, 0) is 6.54 Å². The fourth-order valence-electron chi connectivity index (χ4n) is 1.05. The van der Waals surface area contributed by atoms with E-state index in [1.165, 1.54) is 11.5 Å².